The lowest BCUT2D eigenvalue weighted by Crippen LogP contribution is -1.86. The first-order chi connectivity index (χ1) is 3.43. The zero-order chi connectivity index (χ0) is 5.11. The summed E-state index contributed by atoms with van der Waals surface area (Å²) in [5.74, 6) is 0.792. The molecule has 0 aromatic heterocycles. The summed E-state index contributed by atoms with van der Waals surface area (Å²) in [4.78, 5) is 0. The van der Waals surface area contributed by atoms with Gasteiger partial charge in [0.1, 0.15) is 0 Å². The van der Waals surface area contributed by atoms with Crippen LogP contribution in [0.25, 0.3) is 0 Å². The van der Waals surface area contributed by atoms with E-state index in [2.05, 4.69) is 25.5 Å². The van der Waals surface area contributed by atoms with E-state index in [-0.39, 0.29) is 0 Å². The van der Waals surface area contributed by atoms with E-state index in [9.17, 15) is 0 Å². The molecule has 0 saturated carbocycles. The van der Waals surface area contributed by atoms with Crippen LogP contribution in [0.15, 0.2) is 12.2 Å². The largest absolute Gasteiger partial charge is 0.0882 e. The van der Waals surface area contributed by atoms with Crippen LogP contribution in [0.1, 0.15) is 19.8 Å². The molecule has 1 radical (unpaired) electrons. The minimum Gasteiger partial charge on any atom is -0.0882 e. The molecule has 0 fully saturated rings. The van der Waals surface area contributed by atoms with Crippen LogP contribution in [0.2, 0.25) is 0 Å². The van der Waals surface area contributed by atoms with Crippen molar-refractivity contribution >= 4 is 0 Å². The number of hydrogen-bond donors (Lipinski definition) is 0. The Balaban J connectivity index is 2.28. The summed E-state index contributed by atoms with van der Waals surface area (Å²) in [5.41, 5.74) is 0. The van der Waals surface area contributed by atoms with Crippen molar-refractivity contribution in [3.05, 3.63) is 18.6 Å². The van der Waals surface area contributed by atoms with E-state index in [0.717, 1.165) is 5.92 Å². The fourth-order valence-corrected chi connectivity index (χ4v) is 0.934. The van der Waals surface area contributed by atoms with E-state index < -0.39 is 0 Å². The molecule has 1 aliphatic carbocycles. The molecular weight excluding hydrogens is 84.1 g/mol. The maximum atomic E-state index is 2.28. The summed E-state index contributed by atoms with van der Waals surface area (Å²) >= 11 is 0. The van der Waals surface area contributed by atoms with Gasteiger partial charge < -0.3 is 0 Å². The highest BCUT2D eigenvalue weighted by Crippen LogP contribution is 2.18. The minimum atomic E-state index is 0.792. The molecule has 1 aliphatic rings. The molecule has 0 spiro atoms. The summed E-state index contributed by atoms with van der Waals surface area (Å²) in [6.45, 7) is 2.13. The molecule has 39 valence electrons. The van der Waals surface area contributed by atoms with E-state index in [1.807, 2.05) is 0 Å². The van der Waals surface area contributed by atoms with Gasteiger partial charge >= 0.3 is 0 Å². The van der Waals surface area contributed by atoms with Gasteiger partial charge in [-0.1, -0.05) is 19.1 Å². The Hall–Kier alpha value is -0.260. The quantitative estimate of drug-likeness (QED) is 0.438. The van der Waals surface area contributed by atoms with Crippen molar-refractivity contribution in [1.29, 1.82) is 0 Å². The molecule has 0 nitrogen and oxygen atoms in total. The average molecular weight is 95.2 g/mol. The van der Waals surface area contributed by atoms with Crippen LogP contribution in [0, 0.1) is 12.3 Å². The zero-order valence-corrected chi connectivity index (χ0v) is 4.72. The molecule has 0 heteroatoms. The van der Waals surface area contributed by atoms with Gasteiger partial charge in [-0.3, -0.25) is 0 Å². The van der Waals surface area contributed by atoms with Gasteiger partial charge in [0.15, 0.2) is 0 Å². The first-order valence-corrected chi connectivity index (χ1v) is 2.89. The highest BCUT2D eigenvalue weighted by Gasteiger charge is 2.04. The fraction of sp³-hybridized carbons (Fsp3) is 0.571. The average Bonchev–Trinajstić information content (AvgIpc) is 2.14. The Morgan fingerprint density at radius 1 is 1.71 bits per heavy atom. The third kappa shape index (κ3) is 1.05. The second kappa shape index (κ2) is 2.15. The van der Waals surface area contributed by atoms with Gasteiger partial charge in [0.25, 0.3) is 0 Å². The predicted molar refractivity (Wildman–Crippen MR) is 31.8 cm³/mol. The molecule has 0 bridgehead atoms. The van der Waals surface area contributed by atoms with Crippen molar-refractivity contribution in [2.75, 3.05) is 0 Å². The van der Waals surface area contributed by atoms with E-state index in [1.165, 1.54) is 12.8 Å². The van der Waals surface area contributed by atoms with Crippen molar-refractivity contribution in [3.8, 4) is 0 Å². The predicted octanol–water partition coefficient (Wildman–Crippen LogP) is 2.18. The Labute approximate surface area is 45.2 Å². The Morgan fingerprint density at radius 3 is 2.86 bits per heavy atom. The van der Waals surface area contributed by atoms with Crippen LogP contribution in [0.4, 0.5) is 0 Å². The second-order valence-electron chi connectivity index (χ2n) is 2.00. The first-order valence-electron chi connectivity index (χ1n) is 2.89. The lowest BCUT2D eigenvalue weighted by atomic mass is 10.1. The van der Waals surface area contributed by atoms with Crippen molar-refractivity contribution in [3.63, 3.8) is 0 Å². The van der Waals surface area contributed by atoms with Crippen LogP contribution in [0.3, 0.4) is 0 Å². The standard InChI is InChI=1S/C7H11/c1-2-7-5-3-4-6-7/h2-3,5,7H,4,6H2,1H3. The van der Waals surface area contributed by atoms with E-state index >= 15 is 0 Å². The van der Waals surface area contributed by atoms with Gasteiger partial charge in [-0.15, -0.1) is 0 Å². The second-order valence-corrected chi connectivity index (χ2v) is 2.00. The summed E-state index contributed by atoms with van der Waals surface area (Å²) < 4.78 is 0. The van der Waals surface area contributed by atoms with Gasteiger partial charge in [-0.25, -0.2) is 0 Å². The maximum Gasteiger partial charge on any atom is -0.0202 e. The van der Waals surface area contributed by atoms with Gasteiger partial charge in [0.05, 0.1) is 0 Å². The summed E-state index contributed by atoms with van der Waals surface area (Å²) in [7, 11) is 0. The minimum absolute atomic E-state index is 0.792. The van der Waals surface area contributed by atoms with E-state index in [0.29, 0.717) is 0 Å². The third-order valence-corrected chi connectivity index (χ3v) is 1.48. The van der Waals surface area contributed by atoms with Crippen LogP contribution in [-0.2, 0) is 0 Å². The SMILES string of the molecule is C[CH]C1C=CCC1. The molecule has 0 amide bonds. The number of hydrogen-bond acceptors (Lipinski definition) is 0. The first kappa shape index (κ1) is 4.89. The van der Waals surface area contributed by atoms with Gasteiger partial charge in [0.2, 0.25) is 0 Å². The highest BCUT2D eigenvalue weighted by molar-refractivity contribution is 5.00. The molecule has 7 heavy (non-hydrogen) atoms. The third-order valence-electron chi connectivity index (χ3n) is 1.48. The Bertz CT molecular complexity index is 72.1. The molecule has 1 unspecified atom stereocenters. The molecule has 0 saturated heterocycles. The molecule has 0 heterocycles. The van der Waals surface area contributed by atoms with Gasteiger partial charge in [-0.2, -0.15) is 0 Å². The molecule has 0 aromatic rings. The topological polar surface area (TPSA) is 0 Å². The summed E-state index contributed by atoms with van der Waals surface area (Å²) in [6, 6.07) is 0. The normalized spacial score (nSPS) is 29.0. The monoisotopic (exact) mass is 95.1 g/mol. The molecule has 0 N–H and O–H groups in total. The van der Waals surface area contributed by atoms with Gasteiger partial charge in [0, 0.05) is 0 Å². The van der Waals surface area contributed by atoms with Crippen molar-refractivity contribution in [2.24, 2.45) is 5.92 Å². The van der Waals surface area contributed by atoms with E-state index in [4.69, 9.17) is 0 Å². The van der Waals surface area contributed by atoms with Crippen molar-refractivity contribution in [2.45, 2.75) is 19.8 Å². The lowest BCUT2D eigenvalue weighted by Gasteiger charge is -1.97. The van der Waals surface area contributed by atoms with Crippen molar-refractivity contribution < 1.29 is 0 Å². The van der Waals surface area contributed by atoms with Crippen molar-refractivity contribution in [1.82, 2.24) is 0 Å². The van der Waals surface area contributed by atoms with Crippen LogP contribution >= 0.6 is 0 Å². The lowest BCUT2D eigenvalue weighted by molar-refractivity contribution is 0.722. The molecule has 0 aromatic carbocycles. The van der Waals surface area contributed by atoms with Gasteiger partial charge in [-0.05, 0) is 25.2 Å². The van der Waals surface area contributed by atoms with E-state index in [1.54, 1.807) is 0 Å². The molecular formula is C7H11. The molecule has 0 aliphatic heterocycles. The zero-order valence-electron chi connectivity index (χ0n) is 4.72. The molecule has 1 rings (SSSR count). The van der Waals surface area contributed by atoms with Crippen LogP contribution < -0.4 is 0 Å². The Kier molecular flexibility index (Phi) is 1.50. The Morgan fingerprint density at radius 2 is 2.57 bits per heavy atom. The number of allylic oxidation sites excluding steroid dienone is 2. The van der Waals surface area contributed by atoms with Crippen LogP contribution in [-0.4, -0.2) is 0 Å². The maximum absolute atomic E-state index is 2.28. The smallest absolute Gasteiger partial charge is 0.0202 e. The number of rotatable bonds is 1. The molecule has 1 atom stereocenters. The fourth-order valence-electron chi connectivity index (χ4n) is 0.934. The summed E-state index contributed by atoms with van der Waals surface area (Å²) in [6.07, 6.45) is 9.42. The van der Waals surface area contributed by atoms with Crippen LogP contribution in [0.5, 0.6) is 0 Å². The summed E-state index contributed by atoms with van der Waals surface area (Å²) in [5, 5.41) is 0. The highest BCUT2D eigenvalue weighted by atomic mass is 14.1.